The number of amides is 2. The molecule has 2 amide bonds. The molecule has 0 atom stereocenters. The van der Waals surface area contributed by atoms with Gasteiger partial charge in [0.05, 0.1) is 19.1 Å². The number of ether oxygens (including phenoxy) is 2. The summed E-state index contributed by atoms with van der Waals surface area (Å²) in [4.78, 5) is 38.3. The monoisotopic (exact) mass is 298 g/mol. The SMILES string of the molecule is CCOC(=O)C1CCN(C(=O)CCN2CCOC2=O)CC1. The van der Waals surface area contributed by atoms with Crippen LogP contribution in [-0.2, 0) is 19.1 Å². The summed E-state index contributed by atoms with van der Waals surface area (Å²) in [5.74, 6) is -0.232. The van der Waals surface area contributed by atoms with Gasteiger partial charge in [-0.2, -0.15) is 0 Å². The molecule has 0 bridgehead atoms. The van der Waals surface area contributed by atoms with Crippen LogP contribution in [0.5, 0.6) is 0 Å². The third kappa shape index (κ3) is 4.09. The largest absolute Gasteiger partial charge is 0.466 e. The highest BCUT2D eigenvalue weighted by molar-refractivity contribution is 5.78. The molecule has 2 saturated heterocycles. The lowest BCUT2D eigenvalue weighted by molar-refractivity contribution is -0.151. The summed E-state index contributed by atoms with van der Waals surface area (Å²) in [7, 11) is 0. The molecule has 2 aliphatic rings. The molecule has 0 aliphatic carbocycles. The van der Waals surface area contributed by atoms with E-state index in [1.165, 1.54) is 0 Å². The van der Waals surface area contributed by atoms with E-state index in [-0.39, 0.29) is 23.9 Å². The maximum Gasteiger partial charge on any atom is 0.409 e. The fraction of sp³-hybridized carbons (Fsp3) is 0.786. The summed E-state index contributed by atoms with van der Waals surface area (Å²) in [6, 6.07) is 0. The zero-order chi connectivity index (χ0) is 15.2. The van der Waals surface area contributed by atoms with Crippen LogP contribution >= 0.6 is 0 Å². The molecule has 2 fully saturated rings. The molecule has 0 aromatic rings. The van der Waals surface area contributed by atoms with Crippen molar-refractivity contribution >= 4 is 18.0 Å². The number of piperidine rings is 1. The lowest BCUT2D eigenvalue weighted by atomic mass is 9.97. The molecule has 0 saturated carbocycles. The van der Waals surface area contributed by atoms with Crippen LogP contribution in [-0.4, -0.2) is 67.2 Å². The lowest BCUT2D eigenvalue weighted by Gasteiger charge is -2.31. The number of esters is 1. The first-order chi connectivity index (χ1) is 10.1. The lowest BCUT2D eigenvalue weighted by Crippen LogP contribution is -2.42. The van der Waals surface area contributed by atoms with Gasteiger partial charge < -0.3 is 19.3 Å². The number of likely N-dealkylation sites (tertiary alicyclic amines) is 1. The van der Waals surface area contributed by atoms with Crippen LogP contribution in [0, 0.1) is 5.92 Å². The number of nitrogens with zero attached hydrogens (tertiary/aromatic N) is 2. The average molecular weight is 298 g/mol. The number of rotatable bonds is 5. The van der Waals surface area contributed by atoms with E-state index in [0.29, 0.717) is 58.7 Å². The molecule has 21 heavy (non-hydrogen) atoms. The second-order valence-electron chi connectivity index (χ2n) is 5.26. The fourth-order valence-electron chi connectivity index (χ4n) is 2.64. The predicted molar refractivity (Wildman–Crippen MR) is 73.5 cm³/mol. The van der Waals surface area contributed by atoms with E-state index in [1.807, 2.05) is 0 Å². The highest BCUT2D eigenvalue weighted by atomic mass is 16.6. The topological polar surface area (TPSA) is 76.2 Å². The quantitative estimate of drug-likeness (QED) is 0.696. The Balaban J connectivity index is 1.70. The zero-order valence-corrected chi connectivity index (χ0v) is 12.4. The molecule has 2 heterocycles. The Kier molecular flexibility index (Phi) is 5.41. The van der Waals surface area contributed by atoms with Gasteiger partial charge in [0.1, 0.15) is 6.61 Å². The van der Waals surface area contributed by atoms with Crippen LogP contribution < -0.4 is 0 Å². The van der Waals surface area contributed by atoms with E-state index >= 15 is 0 Å². The Morgan fingerprint density at radius 1 is 1.29 bits per heavy atom. The van der Waals surface area contributed by atoms with Gasteiger partial charge in [-0.05, 0) is 19.8 Å². The Labute approximate surface area is 124 Å². The normalized spacial score (nSPS) is 19.6. The molecule has 7 heteroatoms. The van der Waals surface area contributed by atoms with Crippen molar-refractivity contribution in [3.05, 3.63) is 0 Å². The first kappa shape index (κ1) is 15.6. The molecular formula is C14H22N2O5. The first-order valence-electron chi connectivity index (χ1n) is 7.48. The zero-order valence-electron chi connectivity index (χ0n) is 12.4. The predicted octanol–water partition coefficient (Wildman–Crippen LogP) is 0.630. The van der Waals surface area contributed by atoms with Crippen LogP contribution in [0.4, 0.5) is 4.79 Å². The minimum absolute atomic E-state index is 0.0250. The van der Waals surface area contributed by atoms with Crippen molar-refractivity contribution in [3.63, 3.8) is 0 Å². The second kappa shape index (κ2) is 7.28. The molecular weight excluding hydrogens is 276 g/mol. The molecule has 0 aromatic heterocycles. The second-order valence-corrected chi connectivity index (χ2v) is 5.26. The molecule has 0 aromatic carbocycles. The van der Waals surface area contributed by atoms with Crippen LogP contribution in [0.1, 0.15) is 26.2 Å². The summed E-state index contributed by atoms with van der Waals surface area (Å²) in [5.41, 5.74) is 0. The highest BCUT2D eigenvalue weighted by Gasteiger charge is 2.29. The number of hydrogen-bond acceptors (Lipinski definition) is 5. The van der Waals surface area contributed by atoms with Gasteiger partial charge in [0.2, 0.25) is 5.91 Å². The van der Waals surface area contributed by atoms with Crippen LogP contribution in [0.3, 0.4) is 0 Å². The van der Waals surface area contributed by atoms with Crippen molar-refractivity contribution < 1.29 is 23.9 Å². The van der Waals surface area contributed by atoms with Crippen molar-refractivity contribution in [3.8, 4) is 0 Å². The Morgan fingerprint density at radius 3 is 2.57 bits per heavy atom. The van der Waals surface area contributed by atoms with Gasteiger partial charge in [-0.3, -0.25) is 9.59 Å². The van der Waals surface area contributed by atoms with Gasteiger partial charge >= 0.3 is 12.1 Å². The maximum atomic E-state index is 12.1. The smallest absolute Gasteiger partial charge is 0.409 e. The first-order valence-corrected chi connectivity index (χ1v) is 7.48. The Hall–Kier alpha value is -1.79. The Bertz CT molecular complexity index is 404. The van der Waals surface area contributed by atoms with Gasteiger partial charge in [-0.15, -0.1) is 0 Å². The van der Waals surface area contributed by atoms with E-state index < -0.39 is 0 Å². The van der Waals surface area contributed by atoms with Crippen LogP contribution in [0.15, 0.2) is 0 Å². The van der Waals surface area contributed by atoms with Gasteiger partial charge in [0.25, 0.3) is 0 Å². The molecule has 7 nitrogen and oxygen atoms in total. The fourth-order valence-corrected chi connectivity index (χ4v) is 2.64. The molecule has 0 spiro atoms. The minimum Gasteiger partial charge on any atom is -0.466 e. The van der Waals surface area contributed by atoms with Crippen molar-refractivity contribution in [1.82, 2.24) is 9.80 Å². The molecule has 2 rings (SSSR count). The molecule has 0 radical (unpaired) electrons. The van der Waals surface area contributed by atoms with E-state index in [2.05, 4.69) is 0 Å². The van der Waals surface area contributed by atoms with E-state index in [1.54, 1.807) is 16.7 Å². The van der Waals surface area contributed by atoms with Gasteiger partial charge in [0.15, 0.2) is 0 Å². The van der Waals surface area contributed by atoms with E-state index in [4.69, 9.17) is 9.47 Å². The van der Waals surface area contributed by atoms with Gasteiger partial charge in [-0.25, -0.2) is 4.79 Å². The van der Waals surface area contributed by atoms with E-state index in [9.17, 15) is 14.4 Å². The summed E-state index contributed by atoms with van der Waals surface area (Å²) in [6.45, 7) is 4.69. The van der Waals surface area contributed by atoms with Crippen LogP contribution in [0.2, 0.25) is 0 Å². The number of carbonyl (C=O) groups is 3. The standard InChI is InChI=1S/C14H22N2O5/c1-2-20-13(18)11-3-6-15(7-4-11)12(17)5-8-16-9-10-21-14(16)19/h11H,2-10H2,1H3. The van der Waals surface area contributed by atoms with Crippen molar-refractivity contribution in [1.29, 1.82) is 0 Å². The van der Waals surface area contributed by atoms with Crippen molar-refractivity contribution in [2.75, 3.05) is 39.4 Å². The molecule has 0 unspecified atom stereocenters. The summed E-state index contributed by atoms with van der Waals surface area (Å²) in [5, 5.41) is 0. The minimum atomic E-state index is -0.344. The Morgan fingerprint density at radius 2 is 2.00 bits per heavy atom. The number of carbonyl (C=O) groups excluding carboxylic acids is 3. The molecule has 118 valence electrons. The number of cyclic esters (lactones) is 1. The van der Waals surface area contributed by atoms with Gasteiger partial charge in [0, 0.05) is 26.1 Å². The summed E-state index contributed by atoms with van der Waals surface area (Å²) >= 11 is 0. The summed E-state index contributed by atoms with van der Waals surface area (Å²) < 4.78 is 9.82. The van der Waals surface area contributed by atoms with E-state index in [0.717, 1.165) is 0 Å². The van der Waals surface area contributed by atoms with Gasteiger partial charge in [-0.1, -0.05) is 0 Å². The maximum absolute atomic E-state index is 12.1. The number of hydrogen-bond donors (Lipinski definition) is 0. The average Bonchev–Trinajstić information content (AvgIpc) is 2.90. The molecule has 0 N–H and O–H groups in total. The third-order valence-electron chi connectivity index (χ3n) is 3.91. The molecule has 2 aliphatic heterocycles. The van der Waals surface area contributed by atoms with Crippen molar-refractivity contribution in [2.45, 2.75) is 26.2 Å². The van der Waals surface area contributed by atoms with Crippen LogP contribution in [0.25, 0.3) is 0 Å². The highest BCUT2D eigenvalue weighted by Crippen LogP contribution is 2.19. The third-order valence-corrected chi connectivity index (χ3v) is 3.91. The summed E-state index contributed by atoms with van der Waals surface area (Å²) in [6.07, 6.45) is 1.26. The van der Waals surface area contributed by atoms with Crippen molar-refractivity contribution in [2.24, 2.45) is 5.92 Å².